The number of amides is 3. The molecule has 0 aliphatic carbocycles. The maximum atomic E-state index is 14.1. The predicted molar refractivity (Wildman–Crippen MR) is 167 cm³/mol. The van der Waals surface area contributed by atoms with Crippen LogP contribution in [-0.4, -0.2) is 41.8 Å². The highest BCUT2D eigenvalue weighted by Crippen LogP contribution is 2.54. The number of anilines is 2. The predicted octanol–water partition coefficient (Wildman–Crippen LogP) is 6.40. The Kier molecular flexibility index (Phi) is 8.77. The van der Waals surface area contributed by atoms with Crippen LogP contribution >= 0.6 is 23.1 Å². The van der Waals surface area contributed by atoms with E-state index in [-0.39, 0.29) is 22.2 Å². The molecule has 0 bridgehead atoms. The van der Waals surface area contributed by atoms with Gasteiger partial charge < -0.3 is 14.8 Å². The Morgan fingerprint density at radius 2 is 1.49 bits per heavy atom. The van der Waals surface area contributed by atoms with Crippen molar-refractivity contribution in [1.82, 2.24) is 4.57 Å². The van der Waals surface area contributed by atoms with Gasteiger partial charge >= 0.3 is 17.2 Å². The minimum atomic E-state index is -4.75. The number of halogens is 6. The Morgan fingerprint density at radius 1 is 0.837 bits per heavy atom. The molecule has 256 valence electrons. The van der Waals surface area contributed by atoms with Crippen LogP contribution in [0.4, 0.5) is 37.7 Å². The van der Waals surface area contributed by atoms with E-state index in [0.29, 0.717) is 38.5 Å². The highest BCUT2D eigenvalue weighted by molar-refractivity contribution is 8.00. The first-order chi connectivity index (χ1) is 23.1. The van der Waals surface area contributed by atoms with Gasteiger partial charge in [0.15, 0.2) is 11.5 Å². The van der Waals surface area contributed by atoms with E-state index in [0.717, 1.165) is 46.7 Å². The number of hydrogen-bond donors (Lipinski definition) is 1. The molecule has 2 aliphatic rings. The molecule has 3 atom stereocenters. The lowest BCUT2D eigenvalue weighted by Crippen LogP contribution is -2.33. The Bertz CT molecular complexity index is 2040. The summed E-state index contributed by atoms with van der Waals surface area (Å²) in [7, 11) is 2.79. The third-order valence-electron chi connectivity index (χ3n) is 8.02. The van der Waals surface area contributed by atoms with Gasteiger partial charge in [0, 0.05) is 16.5 Å². The van der Waals surface area contributed by atoms with Crippen molar-refractivity contribution >= 4 is 52.2 Å². The number of ether oxygens (including phenoxy) is 2. The number of nitrogens with zero attached hydrogens (tertiary/aromatic N) is 2. The van der Waals surface area contributed by atoms with E-state index >= 15 is 0 Å². The Hall–Kier alpha value is -4.77. The molecule has 49 heavy (non-hydrogen) atoms. The Morgan fingerprint density at radius 3 is 2.14 bits per heavy atom. The summed E-state index contributed by atoms with van der Waals surface area (Å²) in [5.74, 6) is -4.02. The van der Waals surface area contributed by atoms with Crippen molar-refractivity contribution in [3.63, 3.8) is 0 Å². The second-order valence-corrected chi connectivity index (χ2v) is 13.1. The average Bonchev–Trinajstić information content (AvgIpc) is 3.49. The molecule has 1 aromatic heterocycles. The largest absolute Gasteiger partial charge is 0.493 e. The van der Waals surface area contributed by atoms with E-state index in [1.54, 1.807) is 18.2 Å². The number of hydrogen-bond acceptors (Lipinski definition) is 8. The SMILES string of the molecule is COc1ccc([C@@H]2c3sc(=O)n(CC(=O)Nc4cccc(C(F)(F)F)c4)c3SC3C(=O)N(c4cccc(C(F)(F)F)c4)C(=O)C32)cc1OC. The van der Waals surface area contributed by atoms with E-state index in [4.69, 9.17) is 9.47 Å². The van der Waals surface area contributed by atoms with Crippen molar-refractivity contribution in [3.8, 4) is 11.5 Å². The second-order valence-electron chi connectivity index (χ2n) is 11.0. The van der Waals surface area contributed by atoms with Crippen LogP contribution in [0.1, 0.15) is 27.5 Å². The molecule has 3 aromatic carbocycles. The molecule has 0 spiro atoms. The number of methoxy groups -OCH3 is 2. The number of carbonyl (C=O) groups excluding carboxylic acids is 3. The van der Waals surface area contributed by atoms with Crippen molar-refractivity contribution in [1.29, 1.82) is 0 Å². The van der Waals surface area contributed by atoms with Gasteiger partial charge in [-0.15, -0.1) is 0 Å². The quantitative estimate of drug-likeness (QED) is 0.174. The summed E-state index contributed by atoms with van der Waals surface area (Å²) in [5.41, 5.74) is -2.09. The highest BCUT2D eigenvalue weighted by atomic mass is 32.2. The van der Waals surface area contributed by atoms with Crippen LogP contribution in [0.25, 0.3) is 0 Å². The summed E-state index contributed by atoms with van der Waals surface area (Å²) in [6.45, 7) is -0.649. The van der Waals surface area contributed by atoms with Gasteiger partial charge in [-0.2, -0.15) is 26.3 Å². The maximum Gasteiger partial charge on any atom is 0.416 e. The molecule has 2 unspecified atom stereocenters. The van der Waals surface area contributed by atoms with Gasteiger partial charge in [0.1, 0.15) is 11.8 Å². The molecule has 0 radical (unpaired) electrons. The number of benzene rings is 3. The third kappa shape index (κ3) is 6.27. The molecule has 6 rings (SSSR count). The lowest BCUT2D eigenvalue weighted by atomic mass is 9.83. The van der Waals surface area contributed by atoms with Gasteiger partial charge in [-0.3, -0.25) is 23.7 Å². The molecule has 2 aliphatic heterocycles. The van der Waals surface area contributed by atoms with Crippen molar-refractivity contribution in [2.45, 2.75) is 35.1 Å². The minimum Gasteiger partial charge on any atom is -0.493 e. The van der Waals surface area contributed by atoms with Gasteiger partial charge in [0.2, 0.25) is 17.7 Å². The molecule has 1 fully saturated rings. The van der Waals surface area contributed by atoms with Crippen LogP contribution in [0.5, 0.6) is 11.5 Å². The second kappa shape index (κ2) is 12.6. The lowest BCUT2D eigenvalue weighted by Gasteiger charge is -2.31. The molecule has 17 heteroatoms. The van der Waals surface area contributed by atoms with Crippen LogP contribution in [0.3, 0.4) is 0 Å². The summed E-state index contributed by atoms with van der Waals surface area (Å²) in [6.07, 6.45) is -9.41. The van der Waals surface area contributed by atoms with Gasteiger partial charge in [0.05, 0.1) is 42.0 Å². The molecule has 0 saturated carbocycles. The smallest absolute Gasteiger partial charge is 0.416 e. The first-order valence-electron chi connectivity index (χ1n) is 14.3. The normalized spacial score (nSPS) is 19.0. The Labute approximate surface area is 281 Å². The van der Waals surface area contributed by atoms with Crippen LogP contribution in [-0.2, 0) is 33.3 Å². The Balaban J connectivity index is 1.42. The minimum absolute atomic E-state index is 0.155. The number of imide groups is 1. The third-order valence-corrected chi connectivity index (χ3v) is 10.6. The molecule has 9 nitrogen and oxygen atoms in total. The summed E-state index contributed by atoms with van der Waals surface area (Å²) >= 11 is 1.53. The van der Waals surface area contributed by atoms with Crippen LogP contribution in [0.15, 0.2) is 76.6 Å². The van der Waals surface area contributed by atoms with E-state index in [2.05, 4.69) is 5.32 Å². The summed E-state index contributed by atoms with van der Waals surface area (Å²) < 4.78 is 92.2. The van der Waals surface area contributed by atoms with Crippen molar-refractivity contribution in [2.75, 3.05) is 24.4 Å². The van der Waals surface area contributed by atoms with Crippen molar-refractivity contribution in [3.05, 3.63) is 98.0 Å². The van der Waals surface area contributed by atoms with E-state index in [1.165, 1.54) is 26.4 Å². The van der Waals surface area contributed by atoms with Crippen molar-refractivity contribution in [2.24, 2.45) is 5.92 Å². The number of alkyl halides is 6. The fraction of sp³-hybridized carbons (Fsp3) is 0.250. The van der Waals surface area contributed by atoms with E-state index in [1.807, 2.05) is 0 Å². The molecular weight excluding hydrogens is 700 g/mol. The monoisotopic (exact) mass is 723 g/mol. The summed E-state index contributed by atoms with van der Waals surface area (Å²) in [6, 6.07) is 12.4. The first-order valence-corrected chi connectivity index (χ1v) is 16.0. The number of thioether (sulfide) groups is 1. The molecule has 3 amide bonds. The highest BCUT2D eigenvalue weighted by Gasteiger charge is 2.57. The number of thiazole rings is 1. The molecule has 3 heterocycles. The zero-order chi connectivity index (χ0) is 35.4. The van der Waals surface area contributed by atoms with Crippen LogP contribution < -0.4 is 24.6 Å². The van der Waals surface area contributed by atoms with Crippen LogP contribution in [0.2, 0.25) is 0 Å². The van der Waals surface area contributed by atoms with Gasteiger partial charge in [-0.25, -0.2) is 4.90 Å². The molecule has 1 N–H and O–H groups in total. The first kappa shape index (κ1) is 34.1. The van der Waals surface area contributed by atoms with E-state index in [9.17, 15) is 45.5 Å². The van der Waals surface area contributed by atoms with Gasteiger partial charge in [0.25, 0.3) is 0 Å². The van der Waals surface area contributed by atoms with Gasteiger partial charge in [-0.1, -0.05) is 41.3 Å². The molecular formula is C32H23F6N3O6S2. The van der Waals surface area contributed by atoms with E-state index < -0.39 is 69.7 Å². The molecule has 1 saturated heterocycles. The number of nitrogens with one attached hydrogen (secondary N) is 1. The zero-order valence-corrected chi connectivity index (χ0v) is 26.9. The topological polar surface area (TPSA) is 107 Å². The number of aromatic nitrogens is 1. The van der Waals surface area contributed by atoms with Crippen molar-refractivity contribution < 1.29 is 50.2 Å². The number of rotatable bonds is 7. The van der Waals surface area contributed by atoms with Crippen LogP contribution in [0, 0.1) is 5.92 Å². The summed E-state index contributed by atoms with van der Waals surface area (Å²) in [4.78, 5) is 54.8. The maximum absolute atomic E-state index is 14.1. The number of fused-ring (bicyclic) bond motifs is 2. The fourth-order valence-electron chi connectivity index (χ4n) is 5.85. The zero-order valence-electron chi connectivity index (χ0n) is 25.2. The average molecular weight is 724 g/mol. The summed E-state index contributed by atoms with van der Waals surface area (Å²) in [5, 5.41) is 1.28. The number of carbonyl (C=O) groups is 3. The lowest BCUT2D eigenvalue weighted by molar-refractivity contribution is -0.138. The molecule has 4 aromatic rings. The standard InChI is InChI=1S/C32H23F6N3O6S2/c1-46-20-10-9-15(11-21(20)47-2)23-24-25(28(44)41(27(24)43)19-8-4-6-17(13-19)32(36,37)38)48-29-26(23)49-30(45)40(29)14-22(42)39-18-7-3-5-16(12-18)31(33,34)35/h3-13,23-25H,14H2,1-2H3,(H,39,42)/t23-,24?,25?/m0/s1. The fourth-order valence-corrected chi connectivity index (χ4v) is 8.63. The van der Waals surface area contributed by atoms with Gasteiger partial charge in [-0.05, 0) is 54.1 Å².